The van der Waals surface area contributed by atoms with Gasteiger partial charge in [-0.05, 0) is 23.8 Å². The number of nitrogens with zero attached hydrogens (tertiary/aromatic N) is 2. The van der Waals surface area contributed by atoms with Gasteiger partial charge in [0, 0.05) is 32.3 Å². The Bertz CT molecular complexity index is 531. The van der Waals surface area contributed by atoms with Gasteiger partial charge in [-0.2, -0.15) is 0 Å². The van der Waals surface area contributed by atoms with E-state index in [9.17, 15) is 14.7 Å². The molecule has 0 spiro atoms. The molecule has 1 aliphatic rings. The lowest BCUT2D eigenvalue weighted by molar-refractivity contribution is -0.139. The number of rotatable bonds is 4. The molecule has 1 aromatic carbocycles. The van der Waals surface area contributed by atoms with Crippen molar-refractivity contribution in [2.45, 2.75) is 0 Å². The molecule has 1 heterocycles. The van der Waals surface area contributed by atoms with E-state index >= 15 is 0 Å². The second-order valence-electron chi connectivity index (χ2n) is 4.92. The first kappa shape index (κ1) is 15.1. The second-order valence-corrected chi connectivity index (χ2v) is 4.92. The summed E-state index contributed by atoms with van der Waals surface area (Å²) in [5.74, 6) is -0.743. The molecule has 2 N–H and O–H groups in total. The van der Waals surface area contributed by atoms with E-state index in [4.69, 9.17) is 5.11 Å². The number of carboxylic acid groups (broad SMARTS) is 1. The van der Waals surface area contributed by atoms with Crippen molar-refractivity contribution in [2.24, 2.45) is 0 Å². The topological polar surface area (TPSA) is 81.1 Å². The summed E-state index contributed by atoms with van der Waals surface area (Å²) in [5.41, 5.74) is 0.839. The molecular formula is C15H18N2O4. The van der Waals surface area contributed by atoms with E-state index in [1.807, 2.05) is 4.90 Å². The molecule has 0 unspecified atom stereocenters. The quantitative estimate of drug-likeness (QED) is 0.795. The molecule has 0 aliphatic carbocycles. The van der Waals surface area contributed by atoms with Crippen molar-refractivity contribution in [3.8, 4) is 5.75 Å². The third kappa shape index (κ3) is 4.61. The maximum Gasteiger partial charge on any atom is 0.317 e. The minimum atomic E-state index is -0.845. The van der Waals surface area contributed by atoms with E-state index in [1.54, 1.807) is 35.2 Å². The van der Waals surface area contributed by atoms with Crippen molar-refractivity contribution in [3.63, 3.8) is 0 Å². The zero-order valence-corrected chi connectivity index (χ0v) is 11.6. The van der Waals surface area contributed by atoms with Gasteiger partial charge < -0.3 is 15.1 Å². The lowest BCUT2D eigenvalue weighted by Crippen LogP contribution is -2.49. The van der Waals surface area contributed by atoms with Gasteiger partial charge in [-0.15, -0.1) is 0 Å². The van der Waals surface area contributed by atoms with E-state index in [2.05, 4.69) is 0 Å². The number of phenolic OH excluding ortho intramolecular Hbond substituents is 1. The maximum atomic E-state index is 12.0. The average molecular weight is 290 g/mol. The minimum Gasteiger partial charge on any atom is -0.508 e. The molecule has 6 heteroatoms. The Kier molecular flexibility index (Phi) is 4.94. The number of aliphatic carboxylic acids is 1. The van der Waals surface area contributed by atoms with Crippen LogP contribution in [0.5, 0.6) is 5.75 Å². The summed E-state index contributed by atoms with van der Waals surface area (Å²) in [6.45, 7) is 2.24. The molecule has 2 rings (SSSR count). The SMILES string of the molecule is O=C(O)CN1CCN(C(=O)/C=C/c2ccc(O)cc2)CC1. The molecule has 0 bridgehead atoms. The summed E-state index contributed by atoms with van der Waals surface area (Å²) < 4.78 is 0. The summed E-state index contributed by atoms with van der Waals surface area (Å²) in [6, 6.07) is 6.58. The molecule has 1 amide bonds. The van der Waals surface area contributed by atoms with Crippen LogP contribution >= 0.6 is 0 Å². The number of carbonyl (C=O) groups excluding carboxylic acids is 1. The van der Waals surface area contributed by atoms with Crippen molar-refractivity contribution < 1.29 is 19.8 Å². The molecule has 1 aromatic rings. The standard InChI is InChI=1S/C15H18N2O4/c18-13-4-1-12(2-5-13)3-6-14(19)17-9-7-16(8-10-17)11-15(20)21/h1-6,18H,7-11H2,(H,20,21)/b6-3+. The Balaban J connectivity index is 1.84. The highest BCUT2D eigenvalue weighted by atomic mass is 16.4. The van der Waals surface area contributed by atoms with Gasteiger partial charge in [0.25, 0.3) is 0 Å². The third-order valence-electron chi connectivity index (χ3n) is 3.35. The van der Waals surface area contributed by atoms with Crippen molar-refractivity contribution in [1.82, 2.24) is 9.80 Å². The monoisotopic (exact) mass is 290 g/mol. The van der Waals surface area contributed by atoms with Crippen LogP contribution in [0.1, 0.15) is 5.56 Å². The predicted molar refractivity (Wildman–Crippen MR) is 77.8 cm³/mol. The Morgan fingerprint density at radius 1 is 1.10 bits per heavy atom. The van der Waals surface area contributed by atoms with E-state index in [1.165, 1.54) is 6.08 Å². The van der Waals surface area contributed by atoms with Gasteiger partial charge >= 0.3 is 5.97 Å². The average Bonchev–Trinajstić information content (AvgIpc) is 2.46. The smallest absolute Gasteiger partial charge is 0.317 e. The number of carboxylic acids is 1. The zero-order valence-electron chi connectivity index (χ0n) is 11.6. The normalized spacial score (nSPS) is 16.3. The Hall–Kier alpha value is -2.34. The first-order valence-corrected chi connectivity index (χ1v) is 6.75. The summed E-state index contributed by atoms with van der Waals surface area (Å²) >= 11 is 0. The van der Waals surface area contributed by atoms with E-state index in [0.29, 0.717) is 26.2 Å². The number of aromatic hydroxyl groups is 1. The van der Waals surface area contributed by atoms with Crippen LogP contribution in [0.3, 0.4) is 0 Å². The number of carbonyl (C=O) groups is 2. The van der Waals surface area contributed by atoms with Crippen molar-refractivity contribution in [1.29, 1.82) is 0 Å². The molecule has 1 fully saturated rings. The number of hydrogen-bond acceptors (Lipinski definition) is 4. The first-order valence-electron chi connectivity index (χ1n) is 6.75. The van der Waals surface area contributed by atoms with Crippen LogP contribution in [0.4, 0.5) is 0 Å². The van der Waals surface area contributed by atoms with Gasteiger partial charge in [0.05, 0.1) is 6.54 Å². The fraction of sp³-hybridized carbons (Fsp3) is 0.333. The number of hydrogen-bond donors (Lipinski definition) is 2. The molecule has 6 nitrogen and oxygen atoms in total. The van der Waals surface area contributed by atoms with Crippen molar-refractivity contribution >= 4 is 18.0 Å². The Labute approximate surface area is 122 Å². The highest BCUT2D eigenvalue weighted by molar-refractivity contribution is 5.91. The first-order chi connectivity index (χ1) is 10.0. The Morgan fingerprint density at radius 2 is 1.71 bits per heavy atom. The van der Waals surface area contributed by atoms with Gasteiger partial charge in [0.1, 0.15) is 5.75 Å². The van der Waals surface area contributed by atoms with Crippen LogP contribution in [0, 0.1) is 0 Å². The zero-order chi connectivity index (χ0) is 15.2. The van der Waals surface area contributed by atoms with E-state index in [-0.39, 0.29) is 18.2 Å². The fourth-order valence-corrected chi connectivity index (χ4v) is 2.18. The highest BCUT2D eigenvalue weighted by Crippen LogP contribution is 2.11. The molecule has 21 heavy (non-hydrogen) atoms. The predicted octanol–water partition coefficient (Wildman–Crippen LogP) is 0.634. The Morgan fingerprint density at radius 3 is 2.29 bits per heavy atom. The summed E-state index contributed by atoms with van der Waals surface area (Å²) in [7, 11) is 0. The summed E-state index contributed by atoms with van der Waals surface area (Å²) in [6.07, 6.45) is 3.20. The molecule has 1 saturated heterocycles. The van der Waals surface area contributed by atoms with Crippen molar-refractivity contribution in [3.05, 3.63) is 35.9 Å². The van der Waals surface area contributed by atoms with Crippen LogP contribution < -0.4 is 0 Å². The van der Waals surface area contributed by atoms with Gasteiger partial charge in [0.2, 0.25) is 5.91 Å². The second kappa shape index (κ2) is 6.90. The molecular weight excluding hydrogens is 272 g/mol. The summed E-state index contributed by atoms with van der Waals surface area (Å²) in [4.78, 5) is 26.2. The van der Waals surface area contributed by atoms with Crippen LogP contribution in [-0.2, 0) is 9.59 Å². The molecule has 112 valence electrons. The van der Waals surface area contributed by atoms with Gasteiger partial charge in [-0.1, -0.05) is 12.1 Å². The molecule has 0 radical (unpaired) electrons. The van der Waals surface area contributed by atoms with Crippen LogP contribution in [0.2, 0.25) is 0 Å². The fourth-order valence-electron chi connectivity index (χ4n) is 2.18. The molecule has 1 aliphatic heterocycles. The van der Waals surface area contributed by atoms with E-state index in [0.717, 1.165) is 5.56 Å². The number of amides is 1. The minimum absolute atomic E-state index is 0.0192. The number of phenols is 1. The lowest BCUT2D eigenvalue weighted by atomic mass is 10.2. The third-order valence-corrected chi connectivity index (χ3v) is 3.35. The number of benzene rings is 1. The molecule has 0 atom stereocenters. The molecule has 0 saturated carbocycles. The lowest BCUT2D eigenvalue weighted by Gasteiger charge is -2.33. The van der Waals surface area contributed by atoms with Crippen LogP contribution in [0.15, 0.2) is 30.3 Å². The molecule has 0 aromatic heterocycles. The number of piperazine rings is 1. The largest absolute Gasteiger partial charge is 0.508 e. The van der Waals surface area contributed by atoms with Crippen LogP contribution in [-0.4, -0.2) is 64.6 Å². The van der Waals surface area contributed by atoms with Gasteiger partial charge in [-0.3, -0.25) is 14.5 Å². The van der Waals surface area contributed by atoms with Crippen LogP contribution in [0.25, 0.3) is 6.08 Å². The van der Waals surface area contributed by atoms with Gasteiger partial charge in [0.15, 0.2) is 0 Å². The van der Waals surface area contributed by atoms with E-state index < -0.39 is 5.97 Å². The maximum absolute atomic E-state index is 12.0. The van der Waals surface area contributed by atoms with Crippen molar-refractivity contribution in [2.75, 3.05) is 32.7 Å². The summed E-state index contributed by atoms with van der Waals surface area (Å²) in [5, 5.41) is 17.9. The highest BCUT2D eigenvalue weighted by Gasteiger charge is 2.20. The van der Waals surface area contributed by atoms with Gasteiger partial charge in [-0.25, -0.2) is 0 Å².